The van der Waals surface area contributed by atoms with E-state index < -0.39 is 23.2 Å². The second kappa shape index (κ2) is 6.19. The topological polar surface area (TPSA) is 67.2 Å². The van der Waals surface area contributed by atoms with Crippen LogP contribution in [-0.4, -0.2) is 5.91 Å². The van der Waals surface area contributed by atoms with Crippen LogP contribution in [0, 0.1) is 18.6 Å². The Kier molecular flexibility index (Phi) is 4.54. The maximum atomic E-state index is 13.6. The van der Waals surface area contributed by atoms with Crippen molar-refractivity contribution in [3.05, 3.63) is 57.6 Å². The van der Waals surface area contributed by atoms with Crippen LogP contribution in [0.2, 0.25) is 0 Å². The first kappa shape index (κ1) is 15.4. The van der Waals surface area contributed by atoms with Crippen LogP contribution in [0.4, 0.5) is 20.2 Å². The first-order valence-electron chi connectivity index (χ1n) is 5.96. The van der Waals surface area contributed by atoms with Crippen LogP contribution < -0.4 is 16.6 Å². The average molecular weight is 356 g/mol. The Morgan fingerprint density at radius 3 is 2.43 bits per heavy atom. The summed E-state index contributed by atoms with van der Waals surface area (Å²) in [7, 11) is 0. The summed E-state index contributed by atoms with van der Waals surface area (Å²) in [6.07, 6.45) is 0. The van der Waals surface area contributed by atoms with Crippen LogP contribution in [0.25, 0.3) is 0 Å². The number of hydrazine groups is 1. The minimum absolute atomic E-state index is 0.141. The van der Waals surface area contributed by atoms with E-state index in [-0.39, 0.29) is 5.56 Å². The molecule has 21 heavy (non-hydrogen) atoms. The zero-order chi connectivity index (χ0) is 15.6. The van der Waals surface area contributed by atoms with E-state index >= 15 is 0 Å². The van der Waals surface area contributed by atoms with Gasteiger partial charge in [-0.15, -0.1) is 0 Å². The molecule has 1 amide bonds. The van der Waals surface area contributed by atoms with E-state index in [9.17, 15) is 13.6 Å². The molecular weight excluding hydrogens is 344 g/mol. The monoisotopic (exact) mass is 355 g/mol. The van der Waals surface area contributed by atoms with Crippen LogP contribution in [0.1, 0.15) is 15.9 Å². The van der Waals surface area contributed by atoms with Gasteiger partial charge in [-0.3, -0.25) is 10.6 Å². The van der Waals surface area contributed by atoms with Gasteiger partial charge in [-0.2, -0.15) is 0 Å². The highest BCUT2D eigenvalue weighted by atomic mass is 79.9. The predicted octanol–water partition coefficient (Wildman–Crippen LogP) is 3.57. The largest absolute Gasteiger partial charge is 0.321 e. The van der Waals surface area contributed by atoms with Crippen molar-refractivity contribution in [3.8, 4) is 0 Å². The third-order valence-electron chi connectivity index (χ3n) is 2.89. The molecule has 0 aliphatic carbocycles. The summed E-state index contributed by atoms with van der Waals surface area (Å²) >= 11 is 3.34. The molecule has 0 spiro atoms. The molecule has 0 saturated heterocycles. The summed E-state index contributed by atoms with van der Waals surface area (Å²) in [5.41, 5.74) is 2.72. The zero-order valence-corrected chi connectivity index (χ0v) is 12.6. The van der Waals surface area contributed by atoms with Crippen molar-refractivity contribution < 1.29 is 13.6 Å². The Bertz CT molecular complexity index is 684. The molecule has 4 nitrogen and oxygen atoms in total. The number of nitrogen functional groups attached to an aromatic ring is 1. The van der Waals surface area contributed by atoms with Gasteiger partial charge in [0, 0.05) is 10.0 Å². The number of nitrogens with two attached hydrogens (primary N) is 1. The first-order chi connectivity index (χ1) is 9.93. The minimum atomic E-state index is -0.939. The van der Waals surface area contributed by atoms with E-state index in [1.54, 1.807) is 12.1 Å². The second-order valence-electron chi connectivity index (χ2n) is 4.35. The summed E-state index contributed by atoms with van der Waals surface area (Å²) < 4.78 is 27.9. The standard InChI is InChI=1S/C14H12BrF2N3O/c1-7-3-2-4-11(12(7)15)19-14(21)8-5-9(16)13(20-18)10(17)6-8/h2-6,20H,18H2,1H3,(H,19,21). The number of carbonyl (C=O) groups excluding carboxylic acids is 1. The molecule has 2 aromatic rings. The van der Waals surface area contributed by atoms with Crippen molar-refractivity contribution in [1.29, 1.82) is 0 Å². The molecule has 0 saturated carbocycles. The molecule has 4 N–H and O–H groups in total. The summed E-state index contributed by atoms with van der Waals surface area (Å²) in [4.78, 5) is 12.1. The van der Waals surface area contributed by atoms with E-state index in [2.05, 4.69) is 21.2 Å². The highest BCUT2D eigenvalue weighted by molar-refractivity contribution is 9.10. The van der Waals surface area contributed by atoms with Gasteiger partial charge in [0.15, 0.2) is 11.6 Å². The van der Waals surface area contributed by atoms with Gasteiger partial charge in [0.2, 0.25) is 0 Å². The summed E-state index contributed by atoms with van der Waals surface area (Å²) in [6.45, 7) is 1.86. The molecule has 0 heterocycles. The molecule has 0 atom stereocenters. The number of anilines is 2. The van der Waals surface area contributed by atoms with Gasteiger partial charge in [0.1, 0.15) is 5.69 Å². The molecule has 2 rings (SSSR count). The fraction of sp³-hybridized carbons (Fsp3) is 0.0714. The number of nitrogens with one attached hydrogen (secondary N) is 2. The smallest absolute Gasteiger partial charge is 0.255 e. The Morgan fingerprint density at radius 1 is 1.24 bits per heavy atom. The Hall–Kier alpha value is -1.99. The van der Waals surface area contributed by atoms with Gasteiger partial charge in [-0.1, -0.05) is 12.1 Å². The van der Waals surface area contributed by atoms with E-state index in [0.29, 0.717) is 10.2 Å². The van der Waals surface area contributed by atoms with Crippen LogP contribution in [-0.2, 0) is 0 Å². The van der Waals surface area contributed by atoms with Crippen molar-refractivity contribution in [2.45, 2.75) is 6.92 Å². The van der Waals surface area contributed by atoms with E-state index in [1.165, 1.54) is 0 Å². The molecule has 0 aromatic heterocycles. The number of benzene rings is 2. The zero-order valence-electron chi connectivity index (χ0n) is 11.0. The molecule has 0 bridgehead atoms. The second-order valence-corrected chi connectivity index (χ2v) is 5.14. The lowest BCUT2D eigenvalue weighted by molar-refractivity contribution is 0.102. The number of carbonyl (C=O) groups is 1. The number of amides is 1. The van der Waals surface area contributed by atoms with Gasteiger partial charge in [-0.05, 0) is 46.6 Å². The molecular formula is C14H12BrF2N3O. The van der Waals surface area contributed by atoms with E-state index in [4.69, 9.17) is 5.84 Å². The van der Waals surface area contributed by atoms with Gasteiger partial charge in [0.25, 0.3) is 5.91 Å². The SMILES string of the molecule is Cc1cccc(NC(=O)c2cc(F)c(NN)c(F)c2)c1Br. The number of hydrogen-bond donors (Lipinski definition) is 3. The third-order valence-corrected chi connectivity index (χ3v) is 3.94. The number of halogens is 3. The van der Waals surface area contributed by atoms with Crippen LogP contribution in [0.5, 0.6) is 0 Å². The third kappa shape index (κ3) is 3.20. The van der Waals surface area contributed by atoms with Crippen molar-refractivity contribution in [1.82, 2.24) is 0 Å². The Labute approximate surface area is 128 Å². The molecule has 0 radical (unpaired) electrons. The van der Waals surface area contributed by atoms with E-state index in [0.717, 1.165) is 17.7 Å². The number of rotatable bonds is 3. The maximum Gasteiger partial charge on any atom is 0.255 e. The quantitative estimate of drug-likeness (QED) is 0.582. The van der Waals surface area contributed by atoms with Crippen LogP contribution in [0.15, 0.2) is 34.8 Å². The lowest BCUT2D eigenvalue weighted by Crippen LogP contribution is -2.15. The Balaban J connectivity index is 2.31. The Morgan fingerprint density at radius 2 is 1.86 bits per heavy atom. The maximum absolute atomic E-state index is 13.6. The summed E-state index contributed by atoms with van der Waals surface area (Å²) in [5, 5.41) is 2.59. The molecule has 0 aliphatic heterocycles. The summed E-state index contributed by atoms with van der Waals surface area (Å²) in [5.74, 6) is 2.50. The number of hydrogen-bond acceptors (Lipinski definition) is 3. The van der Waals surface area contributed by atoms with Crippen molar-refractivity contribution in [3.63, 3.8) is 0 Å². The summed E-state index contributed by atoms with van der Waals surface area (Å²) in [6, 6.07) is 7.13. The average Bonchev–Trinajstić information content (AvgIpc) is 2.43. The van der Waals surface area contributed by atoms with Crippen molar-refractivity contribution in [2.24, 2.45) is 5.84 Å². The number of aryl methyl sites for hydroxylation is 1. The van der Waals surface area contributed by atoms with E-state index in [1.807, 2.05) is 18.4 Å². The fourth-order valence-electron chi connectivity index (χ4n) is 1.78. The van der Waals surface area contributed by atoms with Gasteiger partial charge in [-0.25, -0.2) is 8.78 Å². The lowest BCUT2D eigenvalue weighted by atomic mass is 10.1. The van der Waals surface area contributed by atoms with Crippen LogP contribution >= 0.6 is 15.9 Å². The van der Waals surface area contributed by atoms with Gasteiger partial charge < -0.3 is 10.7 Å². The highest BCUT2D eigenvalue weighted by Crippen LogP contribution is 2.27. The minimum Gasteiger partial charge on any atom is -0.321 e. The molecule has 110 valence electrons. The molecule has 0 unspecified atom stereocenters. The van der Waals surface area contributed by atoms with Gasteiger partial charge >= 0.3 is 0 Å². The van der Waals surface area contributed by atoms with Gasteiger partial charge in [0.05, 0.1) is 5.69 Å². The first-order valence-corrected chi connectivity index (χ1v) is 6.75. The lowest BCUT2D eigenvalue weighted by Gasteiger charge is -2.10. The molecule has 0 fully saturated rings. The molecule has 7 heteroatoms. The highest BCUT2D eigenvalue weighted by Gasteiger charge is 2.15. The molecule has 0 aliphatic rings. The molecule has 2 aromatic carbocycles. The van der Waals surface area contributed by atoms with Crippen LogP contribution in [0.3, 0.4) is 0 Å². The van der Waals surface area contributed by atoms with Crippen molar-refractivity contribution >= 4 is 33.2 Å². The van der Waals surface area contributed by atoms with Crippen molar-refractivity contribution in [2.75, 3.05) is 10.7 Å². The normalized spacial score (nSPS) is 10.3. The predicted molar refractivity (Wildman–Crippen MR) is 81.0 cm³/mol. The fourth-order valence-corrected chi connectivity index (χ4v) is 2.14.